The predicted molar refractivity (Wildman–Crippen MR) is 78.0 cm³/mol. The Morgan fingerprint density at radius 2 is 1.95 bits per heavy atom. The number of amides is 1. The van der Waals surface area contributed by atoms with Crippen LogP contribution in [-0.2, 0) is 0 Å². The van der Waals surface area contributed by atoms with E-state index in [0.717, 1.165) is 5.69 Å². The van der Waals surface area contributed by atoms with E-state index in [2.05, 4.69) is 26.6 Å². The highest BCUT2D eigenvalue weighted by atomic mass is 79.9. The molecule has 19 heavy (non-hydrogen) atoms. The molecular formula is C14H12BrFN2O. The Morgan fingerprint density at radius 1 is 1.21 bits per heavy atom. The van der Waals surface area contributed by atoms with E-state index in [1.54, 1.807) is 19.2 Å². The molecule has 0 saturated carbocycles. The van der Waals surface area contributed by atoms with Crippen LogP contribution in [0.15, 0.2) is 46.9 Å². The van der Waals surface area contributed by atoms with Crippen molar-refractivity contribution < 1.29 is 9.18 Å². The highest BCUT2D eigenvalue weighted by Crippen LogP contribution is 2.21. The standard InChI is InChI=1S/C14H12BrFN2O/c1-17-13-5-3-2-4-10(13)14(19)18-9-6-7-12(16)11(15)8-9/h2-8,17H,1H3,(H,18,19). The fourth-order valence-corrected chi connectivity index (χ4v) is 2.05. The number of hydrogen-bond acceptors (Lipinski definition) is 2. The van der Waals surface area contributed by atoms with Crippen LogP contribution in [0.25, 0.3) is 0 Å². The zero-order valence-electron chi connectivity index (χ0n) is 10.2. The monoisotopic (exact) mass is 322 g/mol. The zero-order valence-corrected chi connectivity index (χ0v) is 11.8. The first-order valence-corrected chi connectivity index (χ1v) is 6.44. The molecule has 0 atom stereocenters. The van der Waals surface area contributed by atoms with Crippen molar-refractivity contribution in [2.24, 2.45) is 0 Å². The van der Waals surface area contributed by atoms with Crippen LogP contribution in [0.2, 0.25) is 0 Å². The van der Waals surface area contributed by atoms with E-state index in [4.69, 9.17) is 0 Å². The summed E-state index contributed by atoms with van der Waals surface area (Å²) >= 11 is 3.08. The van der Waals surface area contributed by atoms with E-state index in [9.17, 15) is 9.18 Å². The highest BCUT2D eigenvalue weighted by Gasteiger charge is 2.10. The molecule has 2 rings (SSSR count). The fourth-order valence-electron chi connectivity index (χ4n) is 1.67. The van der Waals surface area contributed by atoms with Gasteiger partial charge in [-0.3, -0.25) is 4.79 Å². The molecule has 2 aromatic carbocycles. The highest BCUT2D eigenvalue weighted by molar-refractivity contribution is 9.10. The second-order valence-electron chi connectivity index (χ2n) is 3.88. The van der Waals surface area contributed by atoms with E-state index < -0.39 is 0 Å². The summed E-state index contributed by atoms with van der Waals surface area (Å²) in [5.41, 5.74) is 1.80. The first-order valence-electron chi connectivity index (χ1n) is 5.65. The molecular weight excluding hydrogens is 311 g/mol. The first-order chi connectivity index (χ1) is 9.11. The van der Waals surface area contributed by atoms with Gasteiger partial charge < -0.3 is 10.6 Å². The largest absolute Gasteiger partial charge is 0.387 e. The molecule has 0 unspecified atom stereocenters. The third-order valence-electron chi connectivity index (χ3n) is 2.62. The Hall–Kier alpha value is -1.88. The van der Waals surface area contributed by atoms with Gasteiger partial charge in [-0.2, -0.15) is 0 Å². The maximum atomic E-state index is 13.1. The molecule has 0 saturated heterocycles. The second kappa shape index (κ2) is 5.84. The number of carbonyl (C=O) groups excluding carboxylic acids is 1. The molecule has 5 heteroatoms. The summed E-state index contributed by atoms with van der Waals surface area (Å²) in [4.78, 5) is 12.1. The third-order valence-corrected chi connectivity index (χ3v) is 3.23. The zero-order chi connectivity index (χ0) is 13.8. The summed E-state index contributed by atoms with van der Waals surface area (Å²) in [6.45, 7) is 0. The van der Waals surface area contributed by atoms with Gasteiger partial charge in [0.25, 0.3) is 5.91 Å². The number of carbonyl (C=O) groups is 1. The van der Waals surface area contributed by atoms with Gasteiger partial charge in [-0.05, 0) is 46.3 Å². The maximum Gasteiger partial charge on any atom is 0.257 e. The van der Waals surface area contributed by atoms with Crippen molar-refractivity contribution in [2.75, 3.05) is 17.7 Å². The van der Waals surface area contributed by atoms with Crippen LogP contribution in [0.5, 0.6) is 0 Å². The molecule has 2 aromatic rings. The van der Waals surface area contributed by atoms with E-state index in [0.29, 0.717) is 15.7 Å². The molecule has 0 aliphatic rings. The van der Waals surface area contributed by atoms with Crippen LogP contribution in [0, 0.1) is 5.82 Å². The minimum atomic E-state index is -0.367. The fraction of sp³-hybridized carbons (Fsp3) is 0.0714. The molecule has 0 radical (unpaired) electrons. The molecule has 2 N–H and O–H groups in total. The normalized spacial score (nSPS) is 10.1. The van der Waals surface area contributed by atoms with Crippen molar-refractivity contribution in [1.29, 1.82) is 0 Å². The molecule has 0 aliphatic heterocycles. The summed E-state index contributed by atoms with van der Waals surface area (Å²) in [7, 11) is 1.75. The molecule has 3 nitrogen and oxygen atoms in total. The summed E-state index contributed by atoms with van der Waals surface area (Å²) in [6.07, 6.45) is 0. The lowest BCUT2D eigenvalue weighted by Gasteiger charge is -2.10. The summed E-state index contributed by atoms with van der Waals surface area (Å²) < 4.78 is 13.4. The molecule has 0 spiro atoms. The Balaban J connectivity index is 2.23. The average molecular weight is 323 g/mol. The van der Waals surface area contributed by atoms with Gasteiger partial charge in [-0.25, -0.2) is 4.39 Å². The molecule has 0 heterocycles. The minimum Gasteiger partial charge on any atom is -0.387 e. The van der Waals surface area contributed by atoms with Crippen molar-refractivity contribution in [3.63, 3.8) is 0 Å². The predicted octanol–water partition coefficient (Wildman–Crippen LogP) is 3.88. The number of halogens is 2. The van der Waals surface area contributed by atoms with Crippen LogP contribution in [0.4, 0.5) is 15.8 Å². The molecule has 0 aromatic heterocycles. The second-order valence-corrected chi connectivity index (χ2v) is 4.73. The quantitative estimate of drug-likeness (QED) is 0.900. The van der Waals surface area contributed by atoms with E-state index >= 15 is 0 Å². The van der Waals surface area contributed by atoms with Crippen LogP contribution < -0.4 is 10.6 Å². The number of hydrogen-bond donors (Lipinski definition) is 2. The lowest BCUT2D eigenvalue weighted by molar-refractivity contribution is 0.102. The Morgan fingerprint density at radius 3 is 2.63 bits per heavy atom. The van der Waals surface area contributed by atoms with Gasteiger partial charge in [-0.15, -0.1) is 0 Å². The van der Waals surface area contributed by atoms with Gasteiger partial charge in [0.05, 0.1) is 10.0 Å². The molecule has 0 aliphatic carbocycles. The van der Waals surface area contributed by atoms with Crippen molar-refractivity contribution in [3.05, 3.63) is 58.3 Å². The van der Waals surface area contributed by atoms with Gasteiger partial charge in [0.2, 0.25) is 0 Å². The van der Waals surface area contributed by atoms with E-state index in [1.165, 1.54) is 18.2 Å². The third kappa shape index (κ3) is 3.12. The summed E-state index contributed by atoms with van der Waals surface area (Å²) in [5, 5.41) is 5.68. The number of para-hydroxylation sites is 1. The molecule has 0 fully saturated rings. The van der Waals surface area contributed by atoms with Crippen molar-refractivity contribution in [1.82, 2.24) is 0 Å². The Labute approximate surface area is 119 Å². The summed E-state index contributed by atoms with van der Waals surface area (Å²) in [6, 6.07) is 11.5. The molecule has 1 amide bonds. The lowest BCUT2D eigenvalue weighted by atomic mass is 10.1. The Kier molecular flexibility index (Phi) is 4.16. The van der Waals surface area contributed by atoms with E-state index in [-0.39, 0.29) is 11.7 Å². The number of anilines is 2. The lowest BCUT2D eigenvalue weighted by Crippen LogP contribution is -2.13. The summed E-state index contributed by atoms with van der Waals surface area (Å²) in [5.74, 6) is -0.614. The Bertz CT molecular complexity index is 616. The van der Waals surface area contributed by atoms with Crippen LogP contribution >= 0.6 is 15.9 Å². The van der Waals surface area contributed by atoms with Gasteiger partial charge in [-0.1, -0.05) is 12.1 Å². The first kappa shape index (κ1) is 13.5. The number of nitrogens with one attached hydrogen (secondary N) is 2. The van der Waals surface area contributed by atoms with Crippen LogP contribution in [-0.4, -0.2) is 13.0 Å². The molecule has 98 valence electrons. The minimum absolute atomic E-state index is 0.247. The van der Waals surface area contributed by atoms with Crippen LogP contribution in [0.3, 0.4) is 0 Å². The SMILES string of the molecule is CNc1ccccc1C(=O)Nc1ccc(F)c(Br)c1. The molecule has 0 bridgehead atoms. The van der Waals surface area contributed by atoms with Crippen molar-refractivity contribution in [3.8, 4) is 0 Å². The van der Waals surface area contributed by atoms with Crippen molar-refractivity contribution >= 4 is 33.2 Å². The van der Waals surface area contributed by atoms with Gasteiger partial charge in [0.15, 0.2) is 0 Å². The van der Waals surface area contributed by atoms with Crippen LogP contribution in [0.1, 0.15) is 10.4 Å². The van der Waals surface area contributed by atoms with E-state index in [1.807, 2.05) is 12.1 Å². The van der Waals surface area contributed by atoms with Gasteiger partial charge in [0, 0.05) is 18.4 Å². The number of rotatable bonds is 3. The average Bonchev–Trinajstić information content (AvgIpc) is 2.43. The maximum absolute atomic E-state index is 13.1. The number of benzene rings is 2. The topological polar surface area (TPSA) is 41.1 Å². The van der Waals surface area contributed by atoms with Gasteiger partial charge >= 0.3 is 0 Å². The van der Waals surface area contributed by atoms with Gasteiger partial charge in [0.1, 0.15) is 5.82 Å². The van der Waals surface area contributed by atoms with Crippen molar-refractivity contribution in [2.45, 2.75) is 0 Å². The smallest absolute Gasteiger partial charge is 0.257 e.